The third kappa shape index (κ3) is 3.24. The molecule has 1 aromatic heterocycles. The average Bonchev–Trinajstić information content (AvgIpc) is 3.31. The van der Waals surface area contributed by atoms with E-state index in [2.05, 4.69) is 16.4 Å². The zero-order valence-electron chi connectivity index (χ0n) is 19.3. The molecule has 0 saturated carbocycles. The summed E-state index contributed by atoms with van der Waals surface area (Å²) in [6.45, 7) is 6.16. The van der Waals surface area contributed by atoms with Crippen LogP contribution in [-0.2, 0) is 14.9 Å². The van der Waals surface area contributed by atoms with Crippen LogP contribution in [0.2, 0.25) is 0 Å². The molecule has 0 radical (unpaired) electrons. The number of carbonyl (C=O) groups excluding carboxylic acids is 2. The predicted molar refractivity (Wildman–Crippen MR) is 130 cm³/mol. The quantitative estimate of drug-likeness (QED) is 0.513. The molecular formula is C27H25N3O3S. The number of ether oxygens (including phenoxy) is 1. The third-order valence-electron chi connectivity index (χ3n) is 6.92. The topological polar surface area (TPSA) is 92.1 Å². The van der Waals surface area contributed by atoms with Gasteiger partial charge in [-0.25, -0.2) is 9.78 Å². The Hall–Kier alpha value is -3.50. The zero-order chi connectivity index (χ0) is 24.1. The van der Waals surface area contributed by atoms with E-state index in [0.717, 1.165) is 22.3 Å². The number of esters is 1. The standard InChI is InChI=1S/C27H25N3O3S/c1-16(2)12-33-23(31)21-13-34-25(29-21)30-24(32)26(3)14-27(15-28)19-10-6-4-8-17(19)22(26)18-9-5-7-11-20(18)27/h4-11,13,16,22H,12,14H2,1-3H3,(H,29,30,32). The van der Waals surface area contributed by atoms with E-state index in [-0.39, 0.29) is 23.4 Å². The molecule has 34 heavy (non-hydrogen) atoms. The number of nitriles is 1. The molecule has 1 heterocycles. The zero-order valence-corrected chi connectivity index (χ0v) is 20.1. The summed E-state index contributed by atoms with van der Waals surface area (Å²) in [6.07, 6.45) is 0.371. The van der Waals surface area contributed by atoms with E-state index in [1.807, 2.05) is 69.3 Å². The molecule has 0 fully saturated rings. The predicted octanol–water partition coefficient (Wildman–Crippen LogP) is 5.26. The van der Waals surface area contributed by atoms with Crippen molar-refractivity contribution >= 4 is 28.3 Å². The third-order valence-corrected chi connectivity index (χ3v) is 7.68. The minimum absolute atomic E-state index is 0.181. The lowest BCUT2D eigenvalue weighted by molar-refractivity contribution is -0.127. The fourth-order valence-electron chi connectivity index (χ4n) is 5.47. The lowest BCUT2D eigenvalue weighted by atomic mass is 9.47. The number of amides is 1. The number of hydrogen-bond acceptors (Lipinski definition) is 6. The van der Waals surface area contributed by atoms with E-state index in [0.29, 0.717) is 18.2 Å². The number of nitrogens with one attached hydrogen (secondary N) is 1. The summed E-state index contributed by atoms with van der Waals surface area (Å²) >= 11 is 1.19. The van der Waals surface area contributed by atoms with Crippen molar-refractivity contribution in [3.8, 4) is 6.07 Å². The Morgan fingerprint density at radius 2 is 1.79 bits per heavy atom. The average molecular weight is 472 g/mol. The van der Waals surface area contributed by atoms with Crippen molar-refractivity contribution in [1.82, 2.24) is 4.98 Å². The van der Waals surface area contributed by atoms with Crippen LogP contribution in [0.5, 0.6) is 0 Å². The van der Waals surface area contributed by atoms with Crippen LogP contribution in [0.4, 0.5) is 5.13 Å². The first-order valence-corrected chi connectivity index (χ1v) is 12.2. The molecule has 172 valence electrons. The molecule has 6 nitrogen and oxygen atoms in total. The van der Waals surface area contributed by atoms with Crippen LogP contribution in [0.1, 0.15) is 65.9 Å². The molecule has 3 aliphatic carbocycles. The van der Waals surface area contributed by atoms with Gasteiger partial charge in [0.2, 0.25) is 5.91 Å². The van der Waals surface area contributed by atoms with Gasteiger partial charge in [0.25, 0.3) is 0 Å². The van der Waals surface area contributed by atoms with Crippen molar-refractivity contribution in [1.29, 1.82) is 5.26 Å². The number of anilines is 1. The molecule has 2 aromatic carbocycles. The van der Waals surface area contributed by atoms with Crippen molar-refractivity contribution in [2.75, 3.05) is 11.9 Å². The Labute approximate surface area is 202 Å². The van der Waals surface area contributed by atoms with E-state index in [1.165, 1.54) is 11.3 Å². The summed E-state index contributed by atoms with van der Waals surface area (Å²) in [7, 11) is 0. The maximum Gasteiger partial charge on any atom is 0.357 e. The van der Waals surface area contributed by atoms with Crippen LogP contribution >= 0.6 is 11.3 Å². The van der Waals surface area contributed by atoms with Gasteiger partial charge in [-0.2, -0.15) is 5.26 Å². The highest BCUT2D eigenvalue weighted by molar-refractivity contribution is 7.14. The molecule has 1 unspecified atom stereocenters. The van der Waals surface area contributed by atoms with Gasteiger partial charge < -0.3 is 10.1 Å². The SMILES string of the molecule is CC(C)COC(=O)c1csc(NC(=O)C2(C)CC3(C#N)c4ccccc4C2c2ccccc23)n1. The molecule has 0 spiro atoms. The highest BCUT2D eigenvalue weighted by atomic mass is 32.1. The smallest absolute Gasteiger partial charge is 0.357 e. The Morgan fingerprint density at radius 3 is 2.38 bits per heavy atom. The van der Waals surface area contributed by atoms with Crippen molar-refractivity contribution in [2.45, 2.75) is 38.5 Å². The van der Waals surface area contributed by atoms with E-state index < -0.39 is 16.8 Å². The summed E-state index contributed by atoms with van der Waals surface area (Å²) in [5.74, 6) is -0.676. The number of aromatic nitrogens is 1. The number of rotatable bonds is 5. The molecule has 1 atom stereocenters. The Kier molecular flexibility index (Phi) is 5.29. The van der Waals surface area contributed by atoms with Gasteiger partial charge >= 0.3 is 5.97 Å². The van der Waals surface area contributed by atoms with Crippen LogP contribution < -0.4 is 5.32 Å². The molecule has 0 aliphatic heterocycles. The molecule has 1 amide bonds. The summed E-state index contributed by atoms with van der Waals surface area (Å²) in [5, 5.41) is 15.3. The maximum atomic E-state index is 13.8. The number of thiazole rings is 1. The molecule has 6 rings (SSSR count). The highest BCUT2D eigenvalue weighted by Gasteiger charge is 2.61. The minimum atomic E-state index is -0.900. The fraction of sp³-hybridized carbons (Fsp3) is 0.333. The van der Waals surface area contributed by atoms with E-state index >= 15 is 0 Å². The molecule has 3 aromatic rings. The number of fused-ring (bicyclic) bond motifs is 1. The van der Waals surface area contributed by atoms with Crippen molar-refractivity contribution in [2.24, 2.45) is 11.3 Å². The molecular weight excluding hydrogens is 446 g/mol. The van der Waals surface area contributed by atoms with Gasteiger partial charge in [-0.05, 0) is 41.5 Å². The van der Waals surface area contributed by atoms with Gasteiger partial charge in [-0.15, -0.1) is 11.3 Å². The first-order valence-electron chi connectivity index (χ1n) is 11.3. The fourth-order valence-corrected chi connectivity index (χ4v) is 6.14. The monoisotopic (exact) mass is 471 g/mol. The van der Waals surface area contributed by atoms with Crippen LogP contribution in [0.15, 0.2) is 53.9 Å². The van der Waals surface area contributed by atoms with E-state index in [4.69, 9.17) is 4.74 Å². The second kappa shape index (κ2) is 8.07. The van der Waals surface area contributed by atoms with Gasteiger partial charge in [0, 0.05) is 11.3 Å². The summed E-state index contributed by atoms with van der Waals surface area (Å²) in [6, 6.07) is 18.5. The Bertz CT molecular complexity index is 1290. The van der Waals surface area contributed by atoms with Gasteiger partial charge in [-0.3, -0.25) is 4.79 Å². The van der Waals surface area contributed by atoms with Gasteiger partial charge in [0.15, 0.2) is 10.8 Å². The first kappa shape index (κ1) is 22.3. The van der Waals surface area contributed by atoms with Crippen molar-refractivity contribution in [3.63, 3.8) is 0 Å². The number of benzene rings is 2. The van der Waals surface area contributed by atoms with Crippen molar-refractivity contribution in [3.05, 3.63) is 81.9 Å². The van der Waals surface area contributed by atoms with Crippen molar-refractivity contribution < 1.29 is 14.3 Å². The molecule has 3 aliphatic rings. The van der Waals surface area contributed by atoms with Gasteiger partial charge in [-0.1, -0.05) is 62.4 Å². The Balaban J connectivity index is 1.49. The molecule has 7 heteroatoms. The molecule has 1 N–H and O–H groups in total. The van der Waals surface area contributed by atoms with E-state index in [9.17, 15) is 14.9 Å². The lowest BCUT2D eigenvalue weighted by Gasteiger charge is -2.54. The van der Waals surface area contributed by atoms with Crippen LogP contribution in [-0.4, -0.2) is 23.5 Å². The highest BCUT2D eigenvalue weighted by Crippen LogP contribution is 2.63. The summed E-state index contributed by atoms with van der Waals surface area (Å²) in [5.41, 5.74) is 2.41. The number of nitrogens with zero attached hydrogens (tertiary/aromatic N) is 2. The van der Waals surface area contributed by atoms with Crippen LogP contribution in [0.3, 0.4) is 0 Å². The largest absolute Gasteiger partial charge is 0.461 e. The first-order chi connectivity index (χ1) is 16.3. The lowest BCUT2D eigenvalue weighted by Crippen LogP contribution is -2.53. The second-order valence-electron chi connectivity index (χ2n) is 9.70. The van der Waals surface area contributed by atoms with Gasteiger partial charge in [0.1, 0.15) is 5.41 Å². The van der Waals surface area contributed by atoms with Gasteiger partial charge in [0.05, 0.1) is 18.1 Å². The molecule has 0 saturated heterocycles. The van der Waals surface area contributed by atoms with Crippen LogP contribution in [0.25, 0.3) is 0 Å². The summed E-state index contributed by atoms with van der Waals surface area (Å²) in [4.78, 5) is 30.3. The number of hydrogen-bond donors (Lipinski definition) is 1. The number of carbonyl (C=O) groups is 2. The minimum Gasteiger partial charge on any atom is -0.461 e. The van der Waals surface area contributed by atoms with E-state index in [1.54, 1.807) is 5.38 Å². The van der Waals surface area contributed by atoms with Crippen LogP contribution in [0, 0.1) is 22.7 Å². The summed E-state index contributed by atoms with van der Waals surface area (Å²) < 4.78 is 5.25. The maximum absolute atomic E-state index is 13.8. The normalized spacial score (nSPS) is 24.1. The second-order valence-corrected chi connectivity index (χ2v) is 10.6. The molecule has 2 bridgehead atoms. The Morgan fingerprint density at radius 1 is 1.18 bits per heavy atom.